The van der Waals surface area contributed by atoms with Crippen molar-refractivity contribution >= 4 is 0 Å². The summed E-state index contributed by atoms with van der Waals surface area (Å²) < 4.78 is 0. The maximum Gasteiger partial charge on any atom is 0.0991 e. The molecule has 0 saturated heterocycles. The summed E-state index contributed by atoms with van der Waals surface area (Å²) in [5, 5.41) is 8.82. The van der Waals surface area contributed by atoms with Crippen molar-refractivity contribution in [2.75, 3.05) is 19.6 Å². The van der Waals surface area contributed by atoms with Crippen molar-refractivity contribution in [2.24, 2.45) is 5.92 Å². The Labute approximate surface area is 137 Å². The van der Waals surface area contributed by atoms with Crippen LogP contribution in [0.2, 0.25) is 0 Å². The molecule has 1 aromatic carbocycles. The molecule has 0 aliphatic rings. The number of nitriles is 1. The first kappa shape index (κ1) is 18.7. The van der Waals surface area contributed by atoms with Crippen molar-refractivity contribution in [3.63, 3.8) is 0 Å². The van der Waals surface area contributed by atoms with Gasteiger partial charge >= 0.3 is 0 Å². The Kier molecular flexibility index (Phi) is 9.59. The van der Waals surface area contributed by atoms with Gasteiger partial charge in [-0.1, -0.05) is 45.7 Å². The molecule has 0 amide bonds. The zero-order valence-corrected chi connectivity index (χ0v) is 14.6. The van der Waals surface area contributed by atoms with Crippen molar-refractivity contribution < 1.29 is 0 Å². The fourth-order valence-electron chi connectivity index (χ4n) is 3.02. The number of hydrogen-bond donors (Lipinski definition) is 0. The van der Waals surface area contributed by atoms with Gasteiger partial charge in [-0.25, -0.2) is 0 Å². The average molecular weight is 300 g/mol. The van der Waals surface area contributed by atoms with Gasteiger partial charge in [0.1, 0.15) is 0 Å². The Morgan fingerprint density at radius 3 is 2.18 bits per heavy atom. The summed E-state index contributed by atoms with van der Waals surface area (Å²) in [4.78, 5) is 2.60. The minimum atomic E-state index is 0.721. The second-order valence-electron chi connectivity index (χ2n) is 6.46. The summed E-state index contributed by atoms with van der Waals surface area (Å²) in [5.41, 5.74) is 2.11. The third kappa shape index (κ3) is 7.61. The maximum absolute atomic E-state index is 8.82. The molecule has 0 aliphatic heterocycles. The lowest BCUT2D eigenvalue weighted by atomic mass is 9.95. The lowest BCUT2D eigenvalue weighted by molar-refractivity contribution is 0.265. The Bertz CT molecular complexity index is 424. The van der Waals surface area contributed by atoms with Crippen molar-refractivity contribution in [1.29, 1.82) is 5.26 Å². The molecular weight excluding hydrogens is 268 g/mol. The number of benzene rings is 1. The third-order valence-corrected chi connectivity index (χ3v) is 4.17. The molecule has 0 aliphatic carbocycles. The summed E-state index contributed by atoms with van der Waals surface area (Å²) in [7, 11) is 0. The lowest BCUT2D eigenvalue weighted by Gasteiger charge is -2.21. The van der Waals surface area contributed by atoms with Crippen LogP contribution in [0.3, 0.4) is 0 Å². The number of rotatable bonds is 11. The first-order chi connectivity index (χ1) is 10.7. The minimum Gasteiger partial charge on any atom is -0.303 e. The number of hydrogen-bond acceptors (Lipinski definition) is 2. The van der Waals surface area contributed by atoms with E-state index in [1.54, 1.807) is 0 Å². The van der Waals surface area contributed by atoms with Crippen LogP contribution >= 0.6 is 0 Å². The average Bonchev–Trinajstić information content (AvgIpc) is 2.52. The normalized spacial score (nSPS) is 12.3. The van der Waals surface area contributed by atoms with E-state index in [-0.39, 0.29) is 0 Å². The Morgan fingerprint density at radius 1 is 1.00 bits per heavy atom. The minimum absolute atomic E-state index is 0.721. The van der Waals surface area contributed by atoms with Crippen LogP contribution < -0.4 is 0 Å². The molecule has 1 aromatic rings. The van der Waals surface area contributed by atoms with Crippen LogP contribution in [0.5, 0.6) is 0 Å². The summed E-state index contributed by atoms with van der Waals surface area (Å²) in [6.07, 6.45) is 7.58. The van der Waals surface area contributed by atoms with Gasteiger partial charge in [0.05, 0.1) is 11.6 Å². The first-order valence-electron chi connectivity index (χ1n) is 8.91. The largest absolute Gasteiger partial charge is 0.303 e. The highest BCUT2D eigenvalue weighted by Gasteiger charge is 2.06. The van der Waals surface area contributed by atoms with Gasteiger partial charge in [0.15, 0.2) is 0 Å². The van der Waals surface area contributed by atoms with E-state index in [0.29, 0.717) is 0 Å². The monoisotopic (exact) mass is 300 g/mol. The zero-order valence-electron chi connectivity index (χ0n) is 14.6. The van der Waals surface area contributed by atoms with Crippen LogP contribution in [-0.4, -0.2) is 24.5 Å². The SMILES string of the molecule is CCCN(CCC)CCCCC(C)Cc1ccc(C#N)cc1. The van der Waals surface area contributed by atoms with Crippen molar-refractivity contribution in [1.82, 2.24) is 4.90 Å². The summed E-state index contributed by atoms with van der Waals surface area (Å²) >= 11 is 0. The fraction of sp³-hybridized carbons (Fsp3) is 0.650. The van der Waals surface area contributed by atoms with Crippen LogP contribution in [0.15, 0.2) is 24.3 Å². The molecule has 22 heavy (non-hydrogen) atoms. The maximum atomic E-state index is 8.82. The van der Waals surface area contributed by atoms with Gasteiger partial charge in [0.2, 0.25) is 0 Å². The summed E-state index contributed by atoms with van der Waals surface area (Å²) in [6, 6.07) is 10.2. The molecule has 0 bridgehead atoms. The van der Waals surface area contributed by atoms with E-state index in [1.165, 1.54) is 57.3 Å². The van der Waals surface area contributed by atoms with Crippen LogP contribution in [-0.2, 0) is 6.42 Å². The second kappa shape index (κ2) is 11.3. The molecule has 0 spiro atoms. The highest BCUT2D eigenvalue weighted by Crippen LogP contribution is 2.15. The van der Waals surface area contributed by atoms with E-state index in [4.69, 9.17) is 5.26 Å². The Hall–Kier alpha value is -1.33. The van der Waals surface area contributed by atoms with E-state index >= 15 is 0 Å². The molecular formula is C20H32N2. The number of nitrogens with zero attached hydrogens (tertiary/aromatic N) is 2. The molecule has 0 N–H and O–H groups in total. The highest BCUT2D eigenvalue weighted by molar-refractivity contribution is 5.31. The molecule has 2 nitrogen and oxygen atoms in total. The zero-order chi connectivity index (χ0) is 16.2. The molecule has 0 heterocycles. The molecule has 0 aromatic heterocycles. The van der Waals surface area contributed by atoms with Crippen molar-refractivity contribution in [2.45, 2.75) is 59.3 Å². The molecule has 0 fully saturated rings. The van der Waals surface area contributed by atoms with Crippen LogP contribution in [0.1, 0.15) is 64.0 Å². The standard InChI is InChI=1S/C20H32N2/c1-4-13-22(14-5-2)15-7-6-8-18(3)16-19-9-11-20(17-21)12-10-19/h9-12,18H,4-8,13-16H2,1-3H3. The topological polar surface area (TPSA) is 27.0 Å². The Morgan fingerprint density at radius 2 is 1.64 bits per heavy atom. The van der Waals surface area contributed by atoms with Crippen molar-refractivity contribution in [3.05, 3.63) is 35.4 Å². The molecule has 0 saturated carbocycles. The predicted molar refractivity (Wildman–Crippen MR) is 94.9 cm³/mol. The van der Waals surface area contributed by atoms with Gasteiger partial charge in [-0.05, 0) is 68.9 Å². The second-order valence-corrected chi connectivity index (χ2v) is 6.46. The summed E-state index contributed by atoms with van der Waals surface area (Å²) in [6.45, 7) is 10.6. The van der Waals surface area contributed by atoms with Crippen LogP contribution in [0.4, 0.5) is 0 Å². The highest BCUT2D eigenvalue weighted by atomic mass is 15.1. The first-order valence-corrected chi connectivity index (χ1v) is 8.91. The van der Waals surface area contributed by atoms with Gasteiger partial charge in [0.25, 0.3) is 0 Å². The molecule has 0 radical (unpaired) electrons. The van der Waals surface area contributed by atoms with E-state index in [1.807, 2.05) is 12.1 Å². The molecule has 1 atom stereocenters. The smallest absolute Gasteiger partial charge is 0.0991 e. The van der Waals surface area contributed by atoms with Gasteiger partial charge in [-0.3, -0.25) is 0 Å². The van der Waals surface area contributed by atoms with Gasteiger partial charge in [0, 0.05) is 0 Å². The van der Waals surface area contributed by atoms with E-state index in [9.17, 15) is 0 Å². The van der Waals surface area contributed by atoms with E-state index < -0.39 is 0 Å². The quantitative estimate of drug-likeness (QED) is 0.536. The van der Waals surface area contributed by atoms with Gasteiger partial charge < -0.3 is 4.90 Å². The summed E-state index contributed by atoms with van der Waals surface area (Å²) in [5.74, 6) is 0.721. The number of unbranched alkanes of at least 4 members (excludes halogenated alkanes) is 1. The van der Waals surface area contributed by atoms with E-state index in [0.717, 1.165) is 17.9 Å². The third-order valence-electron chi connectivity index (χ3n) is 4.17. The lowest BCUT2D eigenvalue weighted by Crippen LogP contribution is -2.26. The van der Waals surface area contributed by atoms with Crippen LogP contribution in [0.25, 0.3) is 0 Å². The predicted octanol–water partition coefficient (Wildman–Crippen LogP) is 5.03. The fourth-order valence-corrected chi connectivity index (χ4v) is 3.02. The molecule has 1 unspecified atom stereocenters. The van der Waals surface area contributed by atoms with Crippen LogP contribution in [0, 0.1) is 17.2 Å². The van der Waals surface area contributed by atoms with Gasteiger partial charge in [-0.2, -0.15) is 5.26 Å². The Balaban J connectivity index is 2.22. The van der Waals surface area contributed by atoms with Gasteiger partial charge in [-0.15, -0.1) is 0 Å². The van der Waals surface area contributed by atoms with E-state index in [2.05, 4.69) is 43.9 Å². The molecule has 122 valence electrons. The molecule has 1 rings (SSSR count). The molecule has 2 heteroatoms. The van der Waals surface area contributed by atoms with Crippen molar-refractivity contribution in [3.8, 4) is 6.07 Å².